The Hall–Kier alpha value is -1.77. The fourth-order valence-corrected chi connectivity index (χ4v) is 1.62. The predicted molar refractivity (Wildman–Crippen MR) is 58.8 cm³/mol. The largest absolute Gasteiger partial charge is 0.454 e. The number of ether oxygens (including phenoxy) is 4. The molecule has 5 nitrogen and oxygen atoms in total. The summed E-state index contributed by atoms with van der Waals surface area (Å²) in [6.45, 7) is 0.971. The standard InChI is InChI=1S/C12H13NO4/c1-14-7-15-3-2-9-4-11-12(17-8-16-11)5-10(9)6-13/h4-5H,2-3,7-8H2,1H3. The second-order valence-corrected chi connectivity index (χ2v) is 3.54. The third-order valence-electron chi connectivity index (χ3n) is 2.44. The Morgan fingerprint density at radius 1 is 1.35 bits per heavy atom. The monoisotopic (exact) mass is 235 g/mol. The highest BCUT2D eigenvalue weighted by atomic mass is 16.7. The molecule has 1 aromatic rings. The number of nitriles is 1. The fraction of sp³-hybridized carbons (Fsp3) is 0.417. The Labute approximate surface area is 99.5 Å². The summed E-state index contributed by atoms with van der Waals surface area (Å²) >= 11 is 0. The van der Waals surface area contributed by atoms with E-state index in [1.54, 1.807) is 13.2 Å². The highest BCUT2D eigenvalue weighted by Gasteiger charge is 2.16. The predicted octanol–water partition coefficient (Wildman–Crippen LogP) is 1.45. The van der Waals surface area contributed by atoms with Gasteiger partial charge in [0, 0.05) is 13.2 Å². The van der Waals surface area contributed by atoms with Crippen LogP contribution in [-0.4, -0.2) is 27.3 Å². The van der Waals surface area contributed by atoms with E-state index in [1.807, 2.05) is 6.07 Å². The van der Waals surface area contributed by atoms with Gasteiger partial charge in [0.25, 0.3) is 0 Å². The average molecular weight is 235 g/mol. The van der Waals surface area contributed by atoms with Gasteiger partial charge in [0.15, 0.2) is 11.5 Å². The number of fused-ring (bicyclic) bond motifs is 1. The molecule has 1 aromatic carbocycles. The summed E-state index contributed by atoms with van der Waals surface area (Å²) in [6, 6.07) is 5.68. The molecule has 0 saturated carbocycles. The molecule has 90 valence electrons. The molecule has 1 aliphatic rings. The molecule has 0 saturated heterocycles. The number of hydrogen-bond donors (Lipinski definition) is 0. The summed E-state index contributed by atoms with van der Waals surface area (Å²) in [5, 5.41) is 9.04. The quantitative estimate of drug-likeness (QED) is 0.571. The van der Waals surface area contributed by atoms with Gasteiger partial charge in [0.2, 0.25) is 6.79 Å². The van der Waals surface area contributed by atoms with E-state index in [-0.39, 0.29) is 13.6 Å². The van der Waals surface area contributed by atoms with Gasteiger partial charge in [-0.25, -0.2) is 0 Å². The number of hydrogen-bond acceptors (Lipinski definition) is 5. The maximum absolute atomic E-state index is 9.04. The van der Waals surface area contributed by atoms with Crippen LogP contribution in [-0.2, 0) is 15.9 Å². The summed E-state index contributed by atoms with van der Waals surface area (Å²) < 4.78 is 20.5. The Morgan fingerprint density at radius 3 is 2.82 bits per heavy atom. The second kappa shape index (κ2) is 5.53. The minimum absolute atomic E-state index is 0.212. The van der Waals surface area contributed by atoms with Crippen molar-refractivity contribution in [1.82, 2.24) is 0 Å². The van der Waals surface area contributed by atoms with Crippen LogP contribution in [0.1, 0.15) is 11.1 Å². The summed E-state index contributed by atoms with van der Waals surface area (Å²) in [7, 11) is 1.57. The van der Waals surface area contributed by atoms with E-state index in [1.165, 1.54) is 0 Å². The average Bonchev–Trinajstić information content (AvgIpc) is 2.80. The van der Waals surface area contributed by atoms with Gasteiger partial charge >= 0.3 is 0 Å². The number of methoxy groups -OCH3 is 1. The van der Waals surface area contributed by atoms with Crippen molar-refractivity contribution >= 4 is 0 Å². The van der Waals surface area contributed by atoms with Crippen molar-refractivity contribution in [2.45, 2.75) is 6.42 Å². The van der Waals surface area contributed by atoms with Crippen LogP contribution in [0.3, 0.4) is 0 Å². The molecule has 0 fully saturated rings. The minimum atomic E-state index is 0.212. The SMILES string of the molecule is COCOCCc1cc2c(cc1C#N)OCO2. The maximum Gasteiger partial charge on any atom is 0.231 e. The Balaban J connectivity index is 2.08. The summed E-state index contributed by atoms with van der Waals surface area (Å²) in [5.74, 6) is 1.31. The highest BCUT2D eigenvalue weighted by molar-refractivity contribution is 5.52. The molecule has 2 rings (SSSR count). The van der Waals surface area contributed by atoms with Crippen molar-refractivity contribution < 1.29 is 18.9 Å². The summed E-state index contributed by atoms with van der Waals surface area (Å²) in [4.78, 5) is 0. The van der Waals surface area contributed by atoms with Gasteiger partial charge in [0.05, 0.1) is 18.2 Å². The molecule has 0 radical (unpaired) electrons. The Kier molecular flexibility index (Phi) is 3.81. The van der Waals surface area contributed by atoms with Crippen LogP contribution in [0.2, 0.25) is 0 Å². The second-order valence-electron chi connectivity index (χ2n) is 3.54. The van der Waals surface area contributed by atoms with E-state index in [0.717, 1.165) is 5.56 Å². The first-order valence-electron chi connectivity index (χ1n) is 5.24. The molecule has 1 heterocycles. The lowest BCUT2D eigenvalue weighted by Crippen LogP contribution is -2.03. The van der Waals surface area contributed by atoms with Crippen LogP contribution < -0.4 is 9.47 Å². The molecule has 0 bridgehead atoms. The van der Waals surface area contributed by atoms with Crippen molar-refractivity contribution in [2.75, 3.05) is 27.3 Å². The fourth-order valence-electron chi connectivity index (χ4n) is 1.62. The molecule has 5 heteroatoms. The van der Waals surface area contributed by atoms with Gasteiger partial charge in [-0.1, -0.05) is 0 Å². The van der Waals surface area contributed by atoms with E-state index in [2.05, 4.69) is 6.07 Å². The highest BCUT2D eigenvalue weighted by Crippen LogP contribution is 2.34. The normalized spacial score (nSPS) is 12.5. The van der Waals surface area contributed by atoms with E-state index in [0.29, 0.717) is 30.1 Å². The first kappa shape index (κ1) is 11.7. The van der Waals surface area contributed by atoms with E-state index in [4.69, 9.17) is 24.2 Å². The first-order chi connectivity index (χ1) is 8.35. The molecule has 0 atom stereocenters. The molecule has 17 heavy (non-hydrogen) atoms. The van der Waals surface area contributed by atoms with Crippen molar-refractivity contribution in [2.24, 2.45) is 0 Å². The molecule has 0 spiro atoms. The van der Waals surface area contributed by atoms with Crippen LogP contribution in [0.25, 0.3) is 0 Å². The van der Waals surface area contributed by atoms with Gasteiger partial charge in [0.1, 0.15) is 6.79 Å². The van der Waals surface area contributed by atoms with Crippen LogP contribution in [0.5, 0.6) is 11.5 Å². The Morgan fingerprint density at radius 2 is 2.12 bits per heavy atom. The van der Waals surface area contributed by atoms with Crippen LogP contribution in [0, 0.1) is 11.3 Å². The van der Waals surface area contributed by atoms with Crippen LogP contribution >= 0.6 is 0 Å². The van der Waals surface area contributed by atoms with E-state index in [9.17, 15) is 0 Å². The third-order valence-corrected chi connectivity index (χ3v) is 2.44. The lowest BCUT2D eigenvalue weighted by molar-refractivity contribution is -0.0291. The molecule has 0 unspecified atom stereocenters. The van der Waals surface area contributed by atoms with Crippen molar-refractivity contribution in [3.8, 4) is 17.6 Å². The van der Waals surface area contributed by atoms with Gasteiger partial charge in [-0.05, 0) is 18.1 Å². The zero-order valence-corrected chi connectivity index (χ0v) is 9.56. The maximum atomic E-state index is 9.04. The molecule has 0 amide bonds. The van der Waals surface area contributed by atoms with E-state index >= 15 is 0 Å². The smallest absolute Gasteiger partial charge is 0.231 e. The molecule has 0 aliphatic carbocycles. The number of nitrogens with zero attached hydrogens (tertiary/aromatic N) is 1. The topological polar surface area (TPSA) is 60.7 Å². The van der Waals surface area contributed by atoms with Gasteiger partial charge in [-0.3, -0.25) is 0 Å². The summed E-state index contributed by atoms with van der Waals surface area (Å²) in [5.41, 5.74) is 1.49. The molecular formula is C12H13NO4. The van der Waals surface area contributed by atoms with Crippen LogP contribution in [0.4, 0.5) is 0 Å². The zero-order chi connectivity index (χ0) is 12.1. The molecule has 1 aliphatic heterocycles. The van der Waals surface area contributed by atoms with Crippen molar-refractivity contribution in [1.29, 1.82) is 5.26 Å². The van der Waals surface area contributed by atoms with Crippen LogP contribution in [0.15, 0.2) is 12.1 Å². The zero-order valence-electron chi connectivity index (χ0n) is 9.56. The van der Waals surface area contributed by atoms with Gasteiger partial charge in [-0.15, -0.1) is 0 Å². The van der Waals surface area contributed by atoms with Crippen molar-refractivity contribution in [3.05, 3.63) is 23.3 Å². The van der Waals surface area contributed by atoms with Gasteiger partial charge in [-0.2, -0.15) is 5.26 Å². The first-order valence-corrected chi connectivity index (χ1v) is 5.24. The molecule has 0 N–H and O–H groups in total. The van der Waals surface area contributed by atoms with Gasteiger partial charge < -0.3 is 18.9 Å². The van der Waals surface area contributed by atoms with E-state index < -0.39 is 0 Å². The third kappa shape index (κ3) is 2.67. The Bertz CT molecular complexity index is 439. The lowest BCUT2D eigenvalue weighted by Gasteiger charge is -2.06. The summed E-state index contributed by atoms with van der Waals surface area (Å²) in [6.07, 6.45) is 0.642. The number of benzene rings is 1. The molecule has 0 aromatic heterocycles. The molecular weight excluding hydrogens is 222 g/mol. The van der Waals surface area contributed by atoms with Crippen molar-refractivity contribution in [3.63, 3.8) is 0 Å². The number of rotatable bonds is 5. The lowest BCUT2D eigenvalue weighted by atomic mass is 10.0. The minimum Gasteiger partial charge on any atom is -0.454 e.